The smallest absolute Gasteiger partial charge is 0.301 e. The number of anilines is 3. The van der Waals surface area contributed by atoms with Crippen LogP contribution >= 0.6 is 0 Å². The maximum absolute atomic E-state index is 14.9. The molecule has 0 saturated carbocycles. The van der Waals surface area contributed by atoms with Crippen LogP contribution < -0.4 is 19.7 Å². The van der Waals surface area contributed by atoms with Crippen LogP contribution in [0, 0.1) is 11.3 Å². The summed E-state index contributed by atoms with van der Waals surface area (Å²) < 4.78 is 41.0. The summed E-state index contributed by atoms with van der Waals surface area (Å²) in [6.07, 6.45) is -1.52. The van der Waals surface area contributed by atoms with Crippen LogP contribution in [0.2, 0.25) is 0 Å². The number of nitriles is 1. The van der Waals surface area contributed by atoms with Crippen LogP contribution in [0.15, 0.2) is 42.6 Å². The van der Waals surface area contributed by atoms with Crippen LogP contribution in [-0.4, -0.2) is 107 Å². The van der Waals surface area contributed by atoms with Crippen LogP contribution in [0.25, 0.3) is 11.3 Å². The van der Waals surface area contributed by atoms with Gasteiger partial charge in [-0.1, -0.05) is 0 Å². The second kappa shape index (κ2) is 13.2. The Morgan fingerprint density at radius 3 is 2.69 bits per heavy atom. The number of hydrogen-bond donors (Lipinski definition) is 2. The standard InChI is InChI=1S/C31H36F2N8O4/c1-19-17-39(3)13-14-41(19)24-6-8-27(37-28(24)44-4)38-30-35-11-9-23(36-30)21-5-7-25(22(15-21)16-34)45-26-10-12-40(18-31(26,32)33)29(43)20(2)42/h5-9,11,15,19-20,26,42H,10,12-14,17-18H2,1-4H3,(H,35,36,37,38)/t19-,20+,26?/m0/s1. The first kappa shape index (κ1) is 31.8. The van der Waals surface area contributed by atoms with E-state index < -0.39 is 30.6 Å². The number of hydrogen-bond acceptors (Lipinski definition) is 11. The number of halogens is 2. The third-order valence-corrected chi connectivity index (χ3v) is 7.94. The van der Waals surface area contributed by atoms with Crippen molar-refractivity contribution in [2.24, 2.45) is 0 Å². The molecule has 45 heavy (non-hydrogen) atoms. The summed E-state index contributed by atoms with van der Waals surface area (Å²) >= 11 is 0. The van der Waals surface area contributed by atoms with Gasteiger partial charge in [-0.25, -0.2) is 18.7 Å². The number of piperidine rings is 1. The molecular weight excluding hydrogens is 586 g/mol. The fourth-order valence-electron chi connectivity index (χ4n) is 5.61. The molecule has 2 saturated heterocycles. The van der Waals surface area contributed by atoms with E-state index in [0.717, 1.165) is 30.2 Å². The predicted molar refractivity (Wildman–Crippen MR) is 163 cm³/mol. The number of aliphatic hydroxyl groups excluding tert-OH is 1. The lowest BCUT2D eigenvalue weighted by atomic mass is 10.0. The van der Waals surface area contributed by atoms with Gasteiger partial charge >= 0.3 is 5.92 Å². The number of pyridine rings is 1. The monoisotopic (exact) mass is 622 g/mol. The van der Waals surface area contributed by atoms with E-state index in [1.165, 1.54) is 19.1 Å². The Kier molecular flexibility index (Phi) is 9.31. The predicted octanol–water partition coefficient (Wildman–Crippen LogP) is 3.30. The number of amides is 1. The van der Waals surface area contributed by atoms with E-state index in [0.29, 0.717) is 29.0 Å². The van der Waals surface area contributed by atoms with Gasteiger partial charge in [-0.3, -0.25) is 4.79 Å². The maximum Gasteiger partial charge on any atom is 0.301 e. The normalized spacial score (nSPS) is 20.7. The summed E-state index contributed by atoms with van der Waals surface area (Å²) in [6, 6.07) is 12.4. The van der Waals surface area contributed by atoms with Crippen molar-refractivity contribution in [2.75, 3.05) is 57.1 Å². The average molecular weight is 623 g/mol. The molecule has 1 unspecified atom stereocenters. The highest BCUT2D eigenvalue weighted by Gasteiger charge is 2.48. The van der Waals surface area contributed by atoms with Crippen LogP contribution in [0.5, 0.6) is 11.6 Å². The SMILES string of the molecule is COc1nc(Nc2nccc(-c3ccc(OC4CCN(C(=O)[C@@H](C)O)CC4(F)F)c(C#N)c3)n2)ccc1N1CCN(C)C[C@@H]1C. The van der Waals surface area contributed by atoms with E-state index in [1.54, 1.807) is 25.4 Å². The number of ether oxygens (including phenoxy) is 2. The molecule has 0 bridgehead atoms. The average Bonchev–Trinajstić information content (AvgIpc) is 3.02. The first-order valence-electron chi connectivity index (χ1n) is 14.6. The Morgan fingerprint density at radius 2 is 2.00 bits per heavy atom. The molecule has 2 fully saturated rings. The molecule has 3 atom stereocenters. The summed E-state index contributed by atoms with van der Waals surface area (Å²) in [4.78, 5) is 31.0. The fraction of sp³-hybridized carbons (Fsp3) is 0.452. The van der Waals surface area contributed by atoms with Gasteiger partial charge in [-0.15, -0.1) is 0 Å². The van der Waals surface area contributed by atoms with Crippen molar-refractivity contribution in [1.29, 1.82) is 5.26 Å². The Balaban J connectivity index is 1.30. The van der Waals surface area contributed by atoms with E-state index in [-0.39, 0.29) is 30.2 Å². The summed E-state index contributed by atoms with van der Waals surface area (Å²) in [7, 11) is 3.68. The molecule has 238 valence electrons. The largest absolute Gasteiger partial charge is 0.483 e. The third kappa shape index (κ3) is 7.05. The molecule has 3 aromatic rings. The minimum absolute atomic E-state index is 0.000291. The van der Waals surface area contributed by atoms with Gasteiger partial charge in [0.05, 0.1) is 24.9 Å². The molecule has 4 heterocycles. The van der Waals surface area contributed by atoms with E-state index >= 15 is 0 Å². The van der Waals surface area contributed by atoms with E-state index in [1.807, 2.05) is 18.2 Å². The lowest BCUT2D eigenvalue weighted by Gasteiger charge is -2.40. The molecule has 0 aliphatic carbocycles. The number of rotatable bonds is 8. The number of aromatic nitrogens is 3. The number of likely N-dealkylation sites (N-methyl/N-ethyl adjacent to an activating group) is 1. The molecule has 2 aliphatic heterocycles. The molecule has 0 spiro atoms. The van der Waals surface area contributed by atoms with Crippen LogP contribution in [-0.2, 0) is 4.79 Å². The summed E-state index contributed by atoms with van der Waals surface area (Å²) in [5, 5.41) is 22.4. The minimum atomic E-state index is -3.38. The summed E-state index contributed by atoms with van der Waals surface area (Å²) in [6.45, 7) is 5.25. The lowest BCUT2D eigenvalue weighted by molar-refractivity contribution is -0.165. The van der Waals surface area contributed by atoms with Crippen molar-refractivity contribution in [1.82, 2.24) is 24.8 Å². The molecule has 2 N–H and O–H groups in total. The Bertz CT molecular complexity index is 1580. The van der Waals surface area contributed by atoms with Crippen molar-refractivity contribution in [3.63, 3.8) is 0 Å². The Labute approximate surface area is 260 Å². The van der Waals surface area contributed by atoms with Gasteiger partial charge in [0, 0.05) is 50.4 Å². The molecule has 1 aromatic carbocycles. The summed E-state index contributed by atoms with van der Waals surface area (Å²) in [5.41, 5.74) is 2.00. The number of aliphatic hydroxyl groups is 1. The zero-order valence-corrected chi connectivity index (χ0v) is 25.6. The van der Waals surface area contributed by atoms with E-state index in [2.05, 4.69) is 44.0 Å². The highest BCUT2D eigenvalue weighted by molar-refractivity contribution is 5.80. The topological polar surface area (TPSA) is 140 Å². The summed E-state index contributed by atoms with van der Waals surface area (Å²) in [5.74, 6) is -2.91. The Morgan fingerprint density at radius 1 is 1.20 bits per heavy atom. The molecule has 5 rings (SSSR count). The highest BCUT2D eigenvalue weighted by Crippen LogP contribution is 2.35. The molecule has 0 radical (unpaired) electrons. The van der Waals surface area contributed by atoms with Gasteiger partial charge in [0.15, 0.2) is 6.10 Å². The van der Waals surface area contributed by atoms with Crippen LogP contribution in [0.3, 0.4) is 0 Å². The van der Waals surface area contributed by atoms with Crippen molar-refractivity contribution < 1.29 is 28.2 Å². The van der Waals surface area contributed by atoms with Crippen molar-refractivity contribution >= 4 is 23.4 Å². The lowest BCUT2D eigenvalue weighted by Crippen LogP contribution is -2.56. The van der Waals surface area contributed by atoms with Crippen LogP contribution in [0.1, 0.15) is 25.8 Å². The zero-order valence-electron chi connectivity index (χ0n) is 25.6. The maximum atomic E-state index is 14.9. The quantitative estimate of drug-likeness (QED) is 0.383. The zero-order chi connectivity index (χ0) is 32.3. The second-order valence-electron chi connectivity index (χ2n) is 11.3. The van der Waals surface area contributed by atoms with Gasteiger partial charge < -0.3 is 34.6 Å². The molecule has 14 heteroatoms. The van der Waals surface area contributed by atoms with Crippen molar-refractivity contribution in [3.05, 3.63) is 48.2 Å². The number of nitrogens with one attached hydrogen (secondary N) is 1. The molecular formula is C31H36F2N8O4. The first-order chi connectivity index (χ1) is 21.5. The fourth-order valence-corrected chi connectivity index (χ4v) is 5.61. The van der Waals surface area contributed by atoms with Crippen molar-refractivity contribution in [2.45, 2.75) is 44.4 Å². The second-order valence-corrected chi connectivity index (χ2v) is 11.3. The van der Waals surface area contributed by atoms with Gasteiger partial charge in [-0.2, -0.15) is 10.2 Å². The number of alkyl halides is 2. The van der Waals surface area contributed by atoms with Gasteiger partial charge in [-0.05, 0) is 57.3 Å². The number of likely N-dealkylation sites (tertiary alicyclic amines) is 1. The highest BCUT2D eigenvalue weighted by atomic mass is 19.3. The van der Waals surface area contributed by atoms with E-state index in [9.17, 15) is 23.9 Å². The number of methoxy groups -OCH3 is 1. The number of carbonyl (C=O) groups is 1. The van der Waals surface area contributed by atoms with Crippen molar-refractivity contribution in [3.8, 4) is 29.0 Å². The number of carbonyl (C=O) groups excluding carboxylic acids is 1. The van der Waals surface area contributed by atoms with Gasteiger partial charge in [0.1, 0.15) is 29.4 Å². The third-order valence-electron chi connectivity index (χ3n) is 7.94. The first-order valence-corrected chi connectivity index (χ1v) is 14.6. The molecule has 12 nitrogen and oxygen atoms in total. The molecule has 2 aromatic heterocycles. The van der Waals surface area contributed by atoms with Gasteiger partial charge in [0.25, 0.3) is 5.91 Å². The number of piperazine rings is 1. The Hall–Kier alpha value is -4.61. The van der Waals surface area contributed by atoms with Gasteiger partial charge in [0.2, 0.25) is 11.8 Å². The van der Waals surface area contributed by atoms with Crippen LogP contribution in [0.4, 0.5) is 26.2 Å². The van der Waals surface area contributed by atoms with E-state index in [4.69, 9.17) is 9.47 Å². The molecule has 2 aliphatic rings. The number of benzene rings is 1. The number of nitrogens with zero attached hydrogens (tertiary/aromatic N) is 7. The minimum Gasteiger partial charge on any atom is -0.483 e. The molecule has 1 amide bonds.